The van der Waals surface area contributed by atoms with Gasteiger partial charge in [0.15, 0.2) is 5.16 Å². The Hall–Kier alpha value is -2.80. The molecule has 138 valence electrons. The van der Waals surface area contributed by atoms with Gasteiger partial charge in [0, 0.05) is 30.3 Å². The van der Waals surface area contributed by atoms with Gasteiger partial charge >= 0.3 is 0 Å². The summed E-state index contributed by atoms with van der Waals surface area (Å²) < 4.78 is 0. The summed E-state index contributed by atoms with van der Waals surface area (Å²) in [6.45, 7) is 8.44. The normalized spacial score (nSPS) is 10.7. The van der Waals surface area contributed by atoms with Crippen molar-refractivity contribution in [3.05, 3.63) is 65.4 Å². The van der Waals surface area contributed by atoms with E-state index in [2.05, 4.69) is 19.9 Å². The van der Waals surface area contributed by atoms with Crippen molar-refractivity contribution in [2.24, 2.45) is 0 Å². The average molecular weight is 379 g/mol. The maximum atomic E-state index is 12.8. The Morgan fingerprint density at radius 2 is 1.81 bits per heavy atom. The first-order chi connectivity index (χ1) is 13.0. The number of pyridine rings is 2. The first kappa shape index (κ1) is 19.0. The molecular formula is C20H21N5OS. The molecule has 3 aromatic rings. The van der Waals surface area contributed by atoms with Crippen molar-refractivity contribution in [3.63, 3.8) is 0 Å². The third-order valence-electron chi connectivity index (χ3n) is 4.31. The lowest BCUT2D eigenvalue weighted by molar-refractivity contribution is 0.0988. The number of aryl methyl sites for hydroxylation is 2. The van der Waals surface area contributed by atoms with Gasteiger partial charge in [-0.3, -0.25) is 9.78 Å². The summed E-state index contributed by atoms with van der Waals surface area (Å²) in [6.07, 6.45) is 4.96. The summed E-state index contributed by atoms with van der Waals surface area (Å²) in [6, 6.07) is 7.29. The monoisotopic (exact) mass is 379 g/mol. The van der Waals surface area contributed by atoms with Crippen LogP contribution in [0.15, 0.2) is 53.0 Å². The van der Waals surface area contributed by atoms with Crippen LogP contribution in [0.25, 0.3) is 0 Å². The molecule has 3 rings (SSSR count). The lowest BCUT2D eigenvalue weighted by Crippen LogP contribution is -2.30. The Bertz CT molecular complexity index is 921. The third-order valence-corrected chi connectivity index (χ3v) is 5.13. The van der Waals surface area contributed by atoms with Gasteiger partial charge < -0.3 is 4.90 Å². The SMILES string of the molecule is CCN(C(=O)c1ccc(Sc2nc(C)c(C)c(C)n2)nc1)c1cccnc1. The zero-order valence-electron chi connectivity index (χ0n) is 15.8. The molecule has 0 aliphatic carbocycles. The van der Waals surface area contributed by atoms with Gasteiger partial charge in [-0.05, 0) is 69.3 Å². The number of carbonyl (C=O) groups is 1. The molecule has 0 radical (unpaired) electrons. The summed E-state index contributed by atoms with van der Waals surface area (Å²) in [7, 11) is 0. The summed E-state index contributed by atoms with van der Waals surface area (Å²) in [4.78, 5) is 32.0. The second-order valence-electron chi connectivity index (χ2n) is 6.05. The third kappa shape index (κ3) is 4.31. The van der Waals surface area contributed by atoms with Gasteiger partial charge in [-0.25, -0.2) is 15.0 Å². The van der Waals surface area contributed by atoms with E-state index in [1.165, 1.54) is 11.8 Å². The minimum Gasteiger partial charge on any atom is -0.307 e. The van der Waals surface area contributed by atoms with Gasteiger partial charge in [-0.15, -0.1) is 0 Å². The van der Waals surface area contributed by atoms with Gasteiger partial charge in [0.05, 0.1) is 17.4 Å². The lowest BCUT2D eigenvalue weighted by atomic mass is 10.2. The number of amides is 1. The van der Waals surface area contributed by atoms with Crippen molar-refractivity contribution in [2.45, 2.75) is 37.9 Å². The number of hydrogen-bond acceptors (Lipinski definition) is 6. The van der Waals surface area contributed by atoms with Crippen molar-refractivity contribution >= 4 is 23.4 Å². The molecule has 0 unspecified atom stereocenters. The maximum absolute atomic E-state index is 12.8. The lowest BCUT2D eigenvalue weighted by Gasteiger charge is -2.20. The first-order valence-electron chi connectivity index (χ1n) is 8.67. The highest BCUT2D eigenvalue weighted by molar-refractivity contribution is 7.99. The fraction of sp³-hybridized carbons (Fsp3) is 0.250. The molecule has 27 heavy (non-hydrogen) atoms. The Kier molecular flexibility index (Phi) is 5.81. The first-order valence-corrected chi connectivity index (χ1v) is 9.49. The number of carbonyl (C=O) groups excluding carboxylic acids is 1. The predicted molar refractivity (Wildman–Crippen MR) is 106 cm³/mol. The number of rotatable bonds is 5. The molecule has 0 bridgehead atoms. The highest BCUT2D eigenvalue weighted by Gasteiger charge is 2.17. The van der Waals surface area contributed by atoms with Crippen LogP contribution >= 0.6 is 11.8 Å². The van der Waals surface area contributed by atoms with Gasteiger partial charge in [0.2, 0.25) is 0 Å². The van der Waals surface area contributed by atoms with Crippen LogP contribution < -0.4 is 4.90 Å². The maximum Gasteiger partial charge on any atom is 0.259 e. The minimum atomic E-state index is -0.104. The van der Waals surface area contributed by atoms with Crippen molar-refractivity contribution in [1.82, 2.24) is 19.9 Å². The topological polar surface area (TPSA) is 71.9 Å². The molecule has 6 nitrogen and oxygen atoms in total. The van der Waals surface area contributed by atoms with Crippen molar-refractivity contribution in [3.8, 4) is 0 Å². The van der Waals surface area contributed by atoms with Crippen molar-refractivity contribution in [2.75, 3.05) is 11.4 Å². The smallest absolute Gasteiger partial charge is 0.259 e. The van der Waals surface area contributed by atoms with Crippen LogP contribution in [0.3, 0.4) is 0 Å². The van der Waals surface area contributed by atoms with E-state index in [0.29, 0.717) is 17.3 Å². The number of anilines is 1. The highest BCUT2D eigenvalue weighted by atomic mass is 32.2. The van der Waals surface area contributed by atoms with E-state index in [1.54, 1.807) is 29.6 Å². The summed E-state index contributed by atoms with van der Waals surface area (Å²) in [5, 5.41) is 1.41. The van der Waals surface area contributed by atoms with Crippen LogP contribution in [0, 0.1) is 20.8 Å². The molecular weight excluding hydrogens is 358 g/mol. The van der Waals surface area contributed by atoms with Crippen LogP contribution in [0.4, 0.5) is 5.69 Å². The number of nitrogens with zero attached hydrogens (tertiary/aromatic N) is 5. The molecule has 0 fully saturated rings. The Morgan fingerprint density at radius 1 is 1.07 bits per heavy atom. The van der Waals surface area contributed by atoms with Crippen molar-refractivity contribution < 1.29 is 4.79 Å². The molecule has 0 N–H and O–H groups in total. The zero-order chi connectivity index (χ0) is 19.4. The van der Waals surface area contributed by atoms with E-state index in [-0.39, 0.29) is 5.91 Å². The fourth-order valence-electron chi connectivity index (χ4n) is 2.56. The minimum absolute atomic E-state index is 0.104. The van der Waals surface area contributed by atoms with Gasteiger partial charge in [-0.1, -0.05) is 0 Å². The standard InChI is InChI=1S/C20H21N5OS/c1-5-25(17-7-6-10-21-12-17)19(26)16-8-9-18(22-11-16)27-20-23-14(3)13(2)15(4)24-20/h6-12H,5H2,1-4H3. The second-order valence-corrected chi connectivity index (χ2v) is 7.04. The molecule has 0 atom stereocenters. The predicted octanol–water partition coefficient (Wildman–Crippen LogP) is 4.01. The molecule has 0 aromatic carbocycles. The summed E-state index contributed by atoms with van der Waals surface area (Å²) in [5.74, 6) is -0.104. The Morgan fingerprint density at radius 3 is 2.37 bits per heavy atom. The Labute approximate surface area is 163 Å². The van der Waals surface area contributed by atoms with Gasteiger partial charge in [0.25, 0.3) is 5.91 Å². The van der Waals surface area contributed by atoms with Crippen LogP contribution in [-0.4, -0.2) is 32.4 Å². The molecule has 0 saturated heterocycles. The highest BCUT2D eigenvalue weighted by Crippen LogP contribution is 2.25. The van der Waals surface area contributed by atoms with Crippen LogP contribution in [0.2, 0.25) is 0 Å². The molecule has 0 saturated carbocycles. The molecule has 3 heterocycles. The van der Waals surface area contributed by atoms with E-state index in [9.17, 15) is 4.79 Å². The van der Waals surface area contributed by atoms with Crippen LogP contribution in [0.5, 0.6) is 0 Å². The molecule has 3 aromatic heterocycles. The molecule has 7 heteroatoms. The molecule has 0 spiro atoms. The second kappa shape index (κ2) is 8.26. The van der Waals surface area contributed by atoms with Crippen molar-refractivity contribution in [1.29, 1.82) is 0 Å². The average Bonchev–Trinajstić information content (AvgIpc) is 2.68. The zero-order valence-corrected chi connectivity index (χ0v) is 16.6. The van der Waals surface area contributed by atoms with Crippen LogP contribution in [-0.2, 0) is 0 Å². The van der Waals surface area contributed by atoms with Crippen LogP contribution in [0.1, 0.15) is 34.2 Å². The number of hydrogen-bond donors (Lipinski definition) is 0. The van der Waals surface area contributed by atoms with E-state index in [0.717, 1.165) is 27.7 Å². The van der Waals surface area contributed by atoms with E-state index in [1.807, 2.05) is 45.9 Å². The fourth-order valence-corrected chi connectivity index (χ4v) is 3.35. The van der Waals surface area contributed by atoms with E-state index < -0.39 is 0 Å². The van der Waals surface area contributed by atoms with Gasteiger partial charge in [0.1, 0.15) is 5.03 Å². The van der Waals surface area contributed by atoms with Gasteiger partial charge in [-0.2, -0.15) is 0 Å². The largest absolute Gasteiger partial charge is 0.307 e. The van der Waals surface area contributed by atoms with E-state index in [4.69, 9.17) is 0 Å². The molecule has 0 aliphatic rings. The number of aromatic nitrogens is 4. The summed E-state index contributed by atoms with van der Waals surface area (Å²) >= 11 is 1.39. The quantitative estimate of drug-likeness (QED) is 0.624. The Balaban J connectivity index is 1.78. The summed E-state index contributed by atoms with van der Waals surface area (Å²) in [5.41, 5.74) is 4.33. The van der Waals surface area contributed by atoms with E-state index >= 15 is 0 Å². The molecule has 0 aliphatic heterocycles. The molecule has 1 amide bonds.